The molecule has 0 fully saturated rings. The lowest BCUT2D eigenvalue weighted by atomic mass is 10.2. The summed E-state index contributed by atoms with van der Waals surface area (Å²) in [6.45, 7) is 1.12. The van der Waals surface area contributed by atoms with Gasteiger partial charge in [-0.1, -0.05) is 18.2 Å². The summed E-state index contributed by atoms with van der Waals surface area (Å²) in [5.41, 5.74) is -1.49. The summed E-state index contributed by atoms with van der Waals surface area (Å²) in [6.07, 6.45) is 0. The van der Waals surface area contributed by atoms with Crippen LogP contribution in [0.1, 0.15) is 17.3 Å². The Morgan fingerprint density at radius 3 is 2.65 bits per heavy atom. The number of hydrogen-bond donors (Lipinski definition) is 1. The molecule has 116 valence electrons. The zero-order valence-electron chi connectivity index (χ0n) is 11.9. The van der Waals surface area contributed by atoms with E-state index in [-0.39, 0.29) is 11.4 Å². The van der Waals surface area contributed by atoms with Crippen molar-refractivity contribution >= 4 is 22.8 Å². The lowest BCUT2D eigenvalue weighted by molar-refractivity contribution is -0.132. The number of H-pyrrole nitrogens is 1. The summed E-state index contributed by atoms with van der Waals surface area (Å²) in [5.74, 6) is -1.89. The van der Waals surface area contributed by atoms with E-state index in [4.69, 9.17) is 9.15 Å². The number of nitrogens with one attached hydrogen (secondary N) is 1. The van der Waals surface area contributed by atoms with Gasteiger partial charge in [0.2, 0.25) is 5.88 Å². The van der Waals surface area contributed by atoms with Gasteiger partial charge in [-0.25, -0.2) is 4.79 Å². The maximum Gasteiger partial charge on any atom is 0.349 e. The molecule has 2 aromatic heterocycles. The summed E-state index contributed by atoms with van der Waals surface area (Å²) in [7, 11) is 0. The van der Waals surface area contributed by atoms with Crippen LogP contribution in [0.3, 0.4) is 0 Å². The molecule has 0 aliphatic carbocycles. The summed E-state index contributed by atoms with van der Waals surface area (Å²) < 4.78 is 10.5. The van der Waals surface area contributed by atoms with Crippen LogP contribution in [0.4, 0.5) is 0 Å². The molecule has 8 heteroatoms. The van der Waals surface area contributed by atoms with Crippen molar-refractivity contribution in [2.24, 2.45) is 0 Å². The second kappa shape index (κ2) is 5.41. The quantitative estimate of drug-likeness (QED) is 0.555. The maximum absolute atomic E-state index is 12.5. The van der Waals surface area contributed by atoms with E-state index in [9.17, 15) is 19.2 Å². The van der Waals surface area contributed by atoms with E-state index in [2.05, 4.69) is 5.10 Å². The molecule has 1 N–H and O–H groups in total. The molecule has 3 rings (SSSR count). The molecular weight excluding hydrogens is 304 g/mol. The highest BCUT2D eigenvalue weighted by atomic mass is 16.5. The highest BCUT2D eigenvalue weighted by molar-refractivity contribution is 5.98. The topological polar surface area (TPSA) is 111 Å². The van der Waals surface area contributed by atoms with Crippen LogP contribution in [0.15, 0.2) is 50.4 Å². The number of esters is 1. The maximum atomic E-state index is 12.5. The molecule has 0 unspecified atom stereocenters. The van der Waals surface area contributed by atoms with Crippen molar-refractivity contribution in [2.45, 2.75) is 6.92 Å². The summed E-state index contributed by atoms with van der Waals surface area (Å²) >= 11 is 0. The molecule has 0 bridgehead atoms. The van der Waals surface area contributed by atoms with Gasteiger partial charge in [0, 0.05) is 12.3 Å². The van der Waals surface area contributed by atoms with Crippen LogP contribution in [0.2, 0.25) is 0 Å². The first kappa shape index (κ1) is 14.5. The van der Waals surface area contributed by atoms with Crippen LogP contribution < -0.4 is 15.9 Å². The Hall–Kier alpha value is -3.42. The number of aromatic amines is 1. The Kier molecular flexibility index (Phi) is 3.41. The summed E-state index contributed by atoms with van der Waals surface area (Å²) in [4.78, 5) is 46.9. The van der Waals surface area contributed by atoms with Crippen molar-refractivity contribution < 1.29 is 18.7 Å². The Labute approximate surface area is 127 Å². The van der Waals surface area contributed by atoms with Crippen LogP contribution >= 0.6 is 0 Å². The van der Waals surface area contributed by atoms with Crippen molar-refractivity contribution in [2.75, 3.05) is 0 Å². The van der Waals surface area contributed by atoms with Crippen molar-refractivity contribution in [1.29, 1.82) is 0 Å². The van der Waals surface area contributed by atoms with Crippen molar-refractivity contribution in [3.8, 4) is 5.88 Å². The number of carbonyl (C=O) groups is 2. The number of rotatable bonds is 2. The average Bonchev–Trinajstić information content (AvgIpc) is 2.85. The predicted octanol–water partition coefficient (Wildman–Crippen LogP) is 0.897. The van der Waals surface area contributed by atoms with E-state index in [1.807, 2.05) is 0 Å². The SMILES string of the molecule is CC(=O)Oc1cc(=O)[nH]n1C(=O)c1cc2ccccc2oc1=O. The molecule has 0 aliphatic rings. The number of carbonyl (C=O) groups excluding carboxylic acids is 2. The number of hydrogen-bond acceptors (Lipinski definition) is 6. The van der Waals surface area contributed by atoms with Crippen LogP contribution in [-0.4, -0.2) is 21.7 Å². The second-order valence-corrected chi connectivity index (χ2v) is 4.68. The monoisotopic (exact) mass is 314 g/mol. The van der Waals surface area contributed by atoms with E-state index in [0.29, 0.717) is 15.7 Å². The van der Waals surface area contributed by atoms with E-state index >= 15 is 0 Å². The fourth-order valence-corrected chi connectivity index (χ4v) is 2.08. The lowest BCUT2D eigenvalue weighted by Gasteiger charge is -2.06. The molecule has 0 amide bonds. The Morgan fingerprint density at radius 2 is 1.91 bits per heavy atom. The van der Waals surface area contributed by atoms with Crippen LogP contribution in [0.25, 0.3) is 11.0 Å². The van der Waals surface area contributed by atoms with Crippen molar-refractivity contribution in [1.82, 2.24) is 9.78 Å². The average molecular weight is 314 g/mol. The fraction of sp³-hybridized carbons (Fsp3) is 0.0667. The first-order valence-corrected chi connectivity index (χ1v) is 6.54. The van der Waals surface area contributed by atoms with Crippen molar-refractivity contribution in [3.63, 3.8) is 0 Å². The molecule has 8 nitrogen and oxygen atoms in total. The van der Waals surface area contributed by atoms with Gasteiger partial charge < -0.3 is 9.15 Å². The van der Waals surface area contributed by atoms with E-state index < -0.39 is 23.1 Å². The van der Waals surface area contributed by atoms with E-state index in [1.165, 1.54) is 6.07 Å². The molecule has 0 atom stereocenters. The Morgan fingerprint density at radius 1 is 1.17 bits per heavy atom. The van der Waals surface area contributed by atoms with Gasteiger partial charge in [0.05, 0.1) is 6.07 Å². The molecule has 0 aliphatic heterocycles. The standard InChI is InChI=1S/C15H10N2O6/c1-8(18)22-13-7-12(19)16-17(13)14(20)10-6-9-4-2-3-5-11(9)23-15(10)21/h2-7H,1H3,(H,16,19). The highest BCUT2D eigenvalue weighted by Gasteiger charge is 2.20. The molecule has 2 heterocycles. The van der Waals surface area contributed by atoms with Crippen LogP contribution in [-0.2, 0) is 4.79 Å². The van der Waals surface area contributed by atoms with Gasteiger partial charge in [0.1, 0.15) is 11.1 Å². The van der Waals surface area contributed by atoms with Crippen LogP contribution in [0, 0.1) is 0 Å². The number of ether oxygens (including phenoxy) is 1. The third-order valence-electron chi connectivity index (χ3n) is 3.02. The molecular formula is C15H10N2O6. The van der Waals surface area contributed by atoms with Crippen LogP contribution in [0.5, 0.6) is 5.88 Å². The first-order valence-electron chi connectivity index (χ1n) is 6.54. The second-order valence-electron chi connectivity index (χ2n) is 4.68. The van der Waals surface area contributed by atoms with E-state index in [1.54, 1.807) is 24.3 Å². The normalized spacial score (nSPS) is 10.7. The molecule has 0 saturated heterocycles. The van der Waals surface area contributed by atoms with Gasteiger partial charge in [0.15, 0.2) is 0 Å². The molecule has 0 radical (unpaired) electrons. The van der Waals surface area contributed by atoms with Crippen molar-refractivity contribution in [3.05, 3.63) is 62.7 Å². The minimum Gasteiger partial charge on any atom is -0.422 e. The molecule has 0 saturated carbocycles. The lowest BCUT2D eigenvalue weighted by Crippen LogP contribution is -2.24. The number of aromatic nitrogens is 2. The van der Waals surface area contributed by atoms with Gasteiger partial charge in [-0.3, -0.25) is 19.5 Å². The zero-order chi connectivity index (χ0) is 16.6. The molecule has 1 aromatic carbocycles. The minimum absolute atomic E-state index is 0.302. The highest BCUT2D eigenvalue weighted by Crippen LogP contribution is 2.15. The third kappa shape index (κ3) is 2.69. The van der Waals surface area contributed by atoms with Gasteiger partial charge in [0.25, 0.3) is 11.5 Å². The number of fused-ring (bicyclic) bond motifs is 1. The number of benzene rings is 1. The van der Waals surface area contributed by atoms with Gasteiger partial charge in [-0.05, 0) is 12.1 Å². The van der Waals surface area contributed by atoms with Gasteiger partial charge in [-0.2, -0.15) is 4.68 Å². The fourth-order valence-electron chi connectivity index (χ4n) is 2.08. The zero-order valence-corrected chi connectivity index (χ0v) is 11.9. The van der Waals surface area contributed by atoms with Gasteiger partial charge >= 0.3 is 11.6 Å². The molecule has 0 spiro atoms. The predicted molar refractivity (Wildman–Crippen MR) is 78.6 cm³/mol. The van der Waals surface area contributed by atoms with Gasteiger partial charge in [-0.15, -0.1) is 0 Å². The smallest absolute Gasteiger partial charge is 0.349 e. The van der Waals surface area contributed by atoms with E-state index in [0.717, 1.165) is 13.0 Å². The summed E-state index contributed by atoms with van der Waals surface area (Å²) in [6, 6.07) is 8.95. The third-order valence-corrected chi connectivity index (χ3v) is 3.02. The molecule has 23 heavy (non-hydrogen) atoms. The minimum atomic E-state index is -0.872. The number of para-hydroxylation sites is 1. The summed E-state index contributed by atoms with van der Waals surface area (Å²) in [5, 5.41) is 2.72. The molecule has 3 aromatic rings. The Balaban J connectivity index is 2.14. The first-order chi connectivity index (χ1) is 11.0. The Bertz CT molecular complexity index is 1040. The number of nitrogens with zero attached hydrogens (tertiary/aromatic N) is 1. The largest absolute Gasteiger partial charge is 0.422 e.